The molecule has 0 bridgehead atoms. The number of pyridine rings is 1. The average molecular weight is 831 g/mol. The number of hydrogen-bond donors (Lipinski definition) is 0. The predicted molar refractivity (Wildman–Crippen MR) is 267 cm³/mol. The van der Waals surface area contributed by atoms with Crippen molar-refractivity contribution in [2.75, 3.05) is 16.5 Å². The van der Waals surface area contributed by atoms with Gasteiger partial charge in [-0.1, -0.05) is 138 Å². The summed E-state index contributed by atoms with van der Waals surface area (Å²) in [5.41, 5.74) is 14.5. The van der Waals surface area contributed by atoms with Crippen molar-refractivity contribution >= 4 is 44.6 Å². The van der Waals surface area contributed by atoms with Gasteiger partial charge < -0.3 is 14.5 Å². The third kappa shape index (κ3) is 8.10. The van der Waals surface area contributed by atoms with Gasteiger partial charge in [-0.2, -0.15) is 0 Å². The second kappa shape index (κ2) is 15.2. The Bertz CT molecular complexity index is 2970. The minimum atomic E-state index is -0.0246. The summed E-state index contributed by atoms with van der Waals surface area (Å²) < 4.78 is 9.15. The summed E-state index contributed by atoms with van der Waals surface area (Å²) in [6.07, 6.45) is 1.94. The van der Waals surface area contributed by atoms with E-state index in [9.17, 15) is 0 Å². The highest BCUT2D eigenvalue weighted by Gasteiger charge is 2.32. The van der Waals surface area contributed by atoms with Crippen molar-refractivity contribution in [3.63, 3.8) is 0 Å². The van der Waals surface area contributed by atoms with E-state index in [4.69, 9.17) is 9.72 Å². The Morgan fingerprint density at radius 2 is 1.08 bits per heavy atom. The van der Waals surface area contributed by atoms with E-state index >= 15 is 0 Å². The van der Waals surface area contributed by atoms with Crippen LogP contribution in [0.2, 0.25) is 0 Å². The lowest BCUT2D eigenvalue weighted by Gasteiger charge is -2.29. The molecule has 0 saturated heterocycles. The molecule has 5 heteroatoms. The van der Waals surface area contributed by atoms with Gasteiger partial charge in [0.05, 0.1) is 22.4 Å². The molecule has 3 heterocycles. The molecule has 0 atom stereocenters. The van der Waals surface area contributed by atoms with E-state index in [2.05, 4.69) is 237 Å². The standard InChI is InChI=1S/C58H62N4O/c1-55(2,3)40-22-26-51-53(33-40)60(37-61(51)45-31-42(57(7,8)9)30-43(32-45)58(10,11)12)44-19-16-20-46(35-44)63-47-23-24-48-49-29-39(38-17-14-13-15-18-38)21-25-50(49)62(52(48)36-47)54-34-41(27-28-59-54)56(4,5)6/h13-36H,37H2,1-12H3. The predicted octanol–water partition coefficient (Wildman–Crippen LogP) is 16.1. The Morgan fingerprint density at radius 1 is 0.429 bits per heavy atom. The van der Waals surface area contributed by atoms with Crippen molar-refractivity contribution in [3.05, 3.63) is 168 Å². The molecule has 5 nitrogen and oxygen atoms in total. The van der Waals surface area contributed by atoms with Crippen LogP contribution in [0.15, 0.2) is 146 Å². The van der Waals surface area contributed by atoms with Crippen LogP contribution in [0.1, 0.15) is 105 Å². The summed E-state index contributed by atoms with van der Waals surface area (Å²) in [4.78, 5) is 9.89. The SMILES string of the molecule is CC(C)(C)c1cc(N2CN(c3cccc(Oc4ccc5c6cc(-c7ccccc7)ccc6n(-c6cc(C(C)(C)C)ccn6)c5c4)c3)c3cc(C(C)(C)C)ccc32)cc(C(C)(C)C)c1. The fourth-order valence-electron chi connectivity index (χ4n) is 8.78. The third-order valence-electron chi connectivity index (χ3n) is 12.7. The van der Waals surface area contributed by atoms with E-state index < -0.39 is 0 Å². The summed E-state index contributed by atoms with van der Waals surface area (Å²) in [6, 6.07) is 51.0. The van der Waals surface area contributed by atoms with Gasteiger partial charge in [-0.15, -0.1) is 0 Å². The zero-order chi connectivity index (χ0) is 44.6. The van der Waals surface area contributed by atoms with Crippen LogP contribution in [0.25, 0.3) is 38.8 Å². The second-order valence-corrected chi connectivity index (χ2v) is 21.6. The molecule has 320 valence electrons. The molecular weight excluding hydrogens is 769 g/mol. The molecule has 0 amide bonds. The summed E-state index contributed by atoms with van der Waals surface area (Å²) in [6.45, 7) is 28.2. The number of ether oxygens (including phenoxy) is 1. The molecule has 63 heavy (non-hydrogen) atoms. The quantitative estimate of drug-likeness (QED) is 0.167. The molecule has 0 saturated carbocycles. The van der Waals surface area contributed by atoms with Crippen LogP contribution in [0.4, 0.5) is 22.7 Å². The van der Waals surface area contributed by atoms with Crippen LogP contribution in [-0.2, 0) is 21.7 Å². The first-order valence-electron chi connectivity index (χ1n) is 22.5. The number of anilines is 4. The largest absolute Gasteiger partial charge is 0.457 e. The van der Waals surface area contributed by atoms with Gasteiger partial charge in [0.2, 0.25) is 0 Å². The number of fused-ring (bicyclic) bond motifs is 4. The summed E-state index contributed by atoms with van der Waals surface area (Å²) >= 11 is 0. The van der Waals surface area contributed by atoms with Crippen LogP contribution in [0.3, 0.4) is 0 Å². The molecule has 0 radical (unpaired) electrons. The third-order valence-corrected chi connectivity index (χ3v) is 12.7. The number of hydrogen-bond acceptors (Lipinski definition) is 4. The summed E-state index contributed by atoms with van der Waals surface area (Å²) in [5, 5.41) is 2.33. The first-order valence-corrected chi connectivity index (χ1v) is 22.5. The van der Waals surface area contributed by atoms with Crippen LogP contribution >= 0.6 is 0 Å². The smallest absolute Gasteiger partial charge is 0.137 e. The van der Waals surface area contributed by atoms with Gasteiger partial charge in [0, 0.05) is 40.5 Å². The number of nitrogens with zero attached hydrogens (tertiary/aromatic N) is 4. The molecule has 1 aliphatic heterocycles. The monoisotopic (exact) mass is 830 g/mol. The van der Waals surface area contributed by atoms with Crippen LogP contribution < -0.4 is 14.5 Å². The average Bonchev–Trinajstić information content (AvgIpc) is 3.78. The van der Waals surface area contributed by atoms with Gasteiger partial charge in [0.15, 0.2) is 0 Å². The Labute approximate surface area is 375 Å². The molecular formula is C58H62N4O. The lowest BCUT2D eigenvalue weighted by atomic mass is 9.80. The highest BCUT2D eigenvalue weighted by Crippen LogP contribution is 2.48. The normalized spacial score (nSPS) is 13.6. The van der Waals surface area contributed by atoms with E-state index in [0.717, 1.165) is 39.4 Å². The number of aromatic nitrogens is 2. The minimum absolute atomic E-state index is 0.00155. The fraction of sp³-hybridized carbons (Fsp3) is 0.293. The van der Waals surface area contributed by atoms with Crippen LogP contribution in [0, 0.1) is 0 Å². The van der Waals surface area contributed by atoms with Crippen LogP contribution in [0.5, 0.6) is 11.5 Å². The first-order chi connectivity index (χ1) is 29.7. The molecule has 0 spiro atoms. The van der Waals surface area contributed by atoms with Crippen molar-refractivity contribution < 1.29 is 4.74 Å². The fourth-order valence-corrected chi connectivity index (χ4v) is 8.78. The van der Waals surface area contributed by atoms with E-state index in [1.54, 1.807) is 0 Å². The van der Waals surface area contributed by atoms with Crippen molar-refractivity contribution in [3.8, 4) is 28.4 Å². The minimum Gasteiger partial charge on any atom is -0.457 e. The molecule has 1 aliphatic rings. The maximum atomic E-state index is 6.85. The Kier molecular flexibility index (Phi) is 10.1. The van der Waals surface area contributed by atoms with Crippen molar-refractivity contribution in [2.45, 2.75) is 105 Å². The van der Waals surface area contributed by atoms with E-state index in [0.29, 0.717) is 6.67 Å². The molecule has 0 fully saturated rings. The Balaban J connectivity index is 1.13. The zero-order valence-electron chi connectivity index (χ0n) is 39.3. The lowest BCUT2D eigenvalue weighted by molar-refractivity contribution is 0.483. The highest BCUT2D eigenvalue weighted by molar-refractivity contribution is 6.10. The van der Waals surface area contributed by atoms with Crippen molar-refractivity contribution in [1.82, 2.24) is 9.55 Å². The molecule has 0 unspecified atom stereocenters. The van der Waals surface area contributed by atoms with Gasteiger partial charge in [-0.25, -0.2) is 4.98 Å². The number of benzene rings is 6. The zero-order valence-corrected chi connectivity index (χ0v) is 39.3. The van der Waals surface area contributed by atoms with Gasteiger partial charge >= 0.3 is 0 Å². The Hall–Kier alpha value is -6.33. The molecule has 2 aromatic heterocycles. The molecule has 8 aromatic rings. The van der Waals surface area contributed by atoms with Crippen molar-refractivity contribution in [2.24, 2.45) is 0 Å². The Morgan fingerprint density at radius 3 is 1.76 bits per heavy atom. The van der Waals surface area contributed by atoms with Gasteiger partial charge in [0.1, 0.15) is 24.0 Å². The molecule has 0 N–H and O–H groups in total. The number of rotatable bonds is 6. The highest BCUT2D eigenvalue weighted by atomic mass is 16.5. The van der Waals surface area contributed by atoms with E-state index in [-0.39, 0.29) is 21.7 Å². The maximum absolute atomic E-state index is 6.85. The maximum Gasteiger partial charge on any atom is 0.137 e. The van der Waals surface area contributed by atoms with Gasteiger partial charge in [-0.3, -0.25) is 4.57 Å². The van der Waals surface area contributed by atoms with Crippen molar-refractivity contribution in [1.29, 1.82) is 0 Å². The second-order valence-electron chi connectivity index (χ2n) is 21.6. The van der Waals surface area contributed by atoms with E-state index in [1.807, 2.05) is 6.20 Å². The molecule has 0 aliphatic carbocycles. The van der Waals surface area contributed by atoms with Crippen LogP contribution in [-0.4, -0.2) is 16.2 Å². The van der Waals surface area contributed by atoms with E-state index in [1.165, 1.54) is 55.8 Å². The lowest BCUT2D eigenvalue weighted by Crippen LogP contribution is -2.25. The summed E-state index contributed by atoms with van der Waals surface area (Å²) in [7, 11) is 0. The van der Waals surface area contributed by atoms with Gasteiger partial charge in [-0.05, 0) is 128 Å². The van der Waals surface area contributed by atoms with Gasteiger partial charge in [0.25, 0.3) is 0 Å². The first kappa shape index (κ1) is 42.0. The topological polar surface area (TPSA) is 33.5 Å². The molecule has 9 rings (SSSR count). The summed E-state index contributed by atoms with van der Waals surface area (Å²) in [5.74, 6) is 2.44. The molecule has 6 aromatic carbocycles.